The zero-order chi connectivity index (χ0) is 13.2. The molecule has 1 aromatic carbocycles. The smallest absolute Gasteiger partial charge is 0.119 e. The highest BCUT2D eigenvalue weighted by molar-refractivity contribution is 5.79. The van der Waals surface area contributed by atoms with Gasteiger partial charge in [-0.15, -0.1) is 0 Å². The molecule has 0 fully saturated rings. The molecule has 18 heavy (non-hydrogen) atoms. The van der Waals surface area contributed by atoms with Crippen molar-refractivity contribution < 1.29 is 9.94 Å². The van der Waals surface area contributed by atoms with Gasteiger partial charge >= 0.3 is 0 Å². The Kier molecular flexibility index (Phi) is 6.87. The van der Waals surface area contributed by atoms with E-state index < -0.39 is 0 Å². The average Bonchev–Trinajstić information content (AvgIpc) is 2.41. The summed E-state index contributed by atoms with van der Waals surface area (Å²) in [6.07, 6.45) is 2.42. The van der Waals surface area contributed by atoms with Crippen molar-refractivity contribution in [2.75, 3.05) is 26.2 Å². The van der Waals surface area contributed by atoms with Gasteiger partial charge in [-0.1, -0.05) is 19.0 Å². The third-order valence-electron chi connectivity index (χ3n) is 2.87. The van der Waals surface area contributed by atoms with Gasteiger partial charge in [0.25, 0.3) is 0 Å². The summed E-state index contributed by atoms with van der Waals surface area (Å²) in [4.78, 5) is 2.38. The molecule has 0 bridgehead atoms. The molecule has 0 aliphatic heterocycles. The summed E-state index contributed by atoms with van der Waals surface area (Å²) in [6.45, 7) is 8.32. The Morgan fingerprint density at radius 3 is 2.44 bits per heavy atom. The Labute approximate surface area is 109 Å². The van der Waals surface area contributed by atoms with Gasteiger partial charge in [-0.25, -0.2) is 0 Å². The van der Waals surface area contributed by atoms with Gasteiger partial charge in [0.05, 0.1) is 12.8 Å². The van der Waals surface area contributed by atoms with E-state index in [1.165, 1.54) is 6.21 Å². The van der Waals surface area contributed by atoms with E-state index in [2.05, 4.69) is 23.9 Å². The van der Waals surface area contributed by atoms with Gasteiger partial charge in [0.1, 0.15) is 5.75 Å². The zero-order valence-electron chi connectivity index (χ0n) is 11.2. The van der Waals surface area contributed by atoms with Crippen molar-refractivity contribution in [3.05, 3.63) is 29.8 Å². The lowest BCUT2D eigenvalue weighted by molar-refractivity contribution is 0.249. The van der Waals surface area contributed by atoms with Crippen molar-refractivity contribution in [2.45, 2.75) is 20.3 Å². The monoisotopic (exact) mass is 250 g/mol. The Hall–Kier alpha value is -1.55. The van der Waals surface area contributed by atoms with E-state index in [1.54, 1.807) is 0 Å². The molecule has 0 aromatic heterocycles. The van der Waals surface area contributed by atoms with E-state index in [9.17, 15) is 0 Å². The lowest BCUT2D eigenvalue weighted by Crippen LogP contribution is -2.25. The van der Waals surface area contributed by atoms with Crippen LogP contribution in [-0.2, 0) is 0 Å². The number of rotatable bonds is 8. The molecule has 0 aliphatic rings. The summed E-state index contributed by atoms with van der Waals surface area (Å²) in [5, 5.41) is 11.4. The van der Waals surface area contributed by atoms with Crippen LogP contribution in [0.25, 0.3) is 0 Å². The van der Waals surface area contributed by atoms with Crippen LogP contribution in [0.15, 0.2) is 29.4 Å². The first-order chi connectivity index (χ1) is 8.80. The molecule has 0 atom stereocenters. The van der Waals surface area contributed by atoms with Crippen LogP contribution < -0.4 is 4.74 Å². The second kappa shape index (κ2) is 8.53. The highest BCUT2D eigenvalue weighted by Gasteiger charge is 1.99. The number of oxime groups is 1. The van der Waals surface area contributed by atoms with Crippen LogP contribution in [0.5, 0.6) is 5.75 Å². The first-order valence-electron chi connectivity index (χ1n) is 6.42. The molecular weight excluding hydrogens is 228 g/mol. The Morgan fingerprint density at radius 2 is 1.89 bits per heavy atom. The molecule has 0 saturated heterocycles. The Morgan fingerprint density at radius 1 is 1.22 bits per heavy atom. The van der Waals surface area contributed by atoms with Crippen molar-refractivity contribution in [1.29, 1.82) is 0 Å². The molecule has 0 amide bonds. The van der Waals surface area contributed by atoms with Gasteiger partial charge in [-0.2, -0.15) is 0 Å². The third kappa shape index (κ3) is 5.19. The molecule has 0 aliphatic carbocycles. The maximum Gasteiger partial charge on any atom is 0.119 e. The topological polar surface area (TPSA) is 45.1 Å². The maximum atomic E-state index is 8.39. The van der Waals surface area contributed by atoms with Crippen LogP contribution >= 0.6 is 0 Å². The molecule has 0 heterocycles. The van der Waals surface area contributed by atoms with Gasteiger partial charge in [0.15, 0.2) is 0 Å². The number of nitrogens with zero attached hydrogens (tertiary/aromatic N) is 2. The molecule has 0 saturated carbocycles. The van der Waals surface area contributed by atoms with Gasteiger partial charge < -0.3 is 14.8 Å². The summed E-state index contributed by atoms with van der Waals surface area (Å²) in [7, 11) is 0. The molecule has 0 spiro atoms. The minimum atomic E-state index is 0.726. The first kappa shape index (κ1) is 14.5. The minimum absolute atomic E-state index is 0.726. The Balaban J connectivity index is 2.27. The quantitative estimate of drug-likeness (QED) is 0.334. The summed E-state index contributed by atoms with van der Waals surface area (Å²) in [6, 6.07) is 7.49. The van der Waals surface area contributed by atoms with Crippen molar-refractivity contribution in [2.24, 2.45) is 5.16 Å². The molecule has 0 unspecified atom stereocenters. The molecule has 100 valence electrons. The Bertz CT molecular complexity index is 345. The molecule has 1 rings (SSSR count). The van der Waals surface area contributed by atoms with Gasteiger partial charge in [0.2, 0.25) is 0 Å². The van der Waals surface area contributed by atoms with Gasteiger partial charge in [-0.05, 0) is 49.3 Å². The maximum absolute atomic E-state index is 8.39. The third-order valence-corrected chi connectivity index (χ3v) is 2.87. The second-order valence-corrected chi connectivity index (χ2v) is 4.04. The highest BCUT2D eigenvalue weighted by atomic mass is 16.5. The minimum Gasteiger partial charge on any atom is -0.494 e. The van der Waals surface area contributed by atoms with Crippen LogP contribution in [0.2, 0.25) is 0 Å². The lowest BCUT2D eigenvalue weighted by Gasteiger charge is -2.17. The SMILES string of the molecule is CCN(CC)CCCOc1ccc(/C=N\O)cc1. The van der Waals surface area contributed by atoms with Crippen LogP contribution in [0.1, 0.15) is 25.8 Å². The summed E-state index contributed by atoms with van der Waals surface area (Å²) in [5.74, 6) is 0.852. The van der Waals surface area contributed by atoms with E-state index in [1.807, 2.05) is 24.3 Å². The molecule has 1 aromatic rings. The first-order valence-corrected chi connectivity index (χ1v) is 6.42. The normalized spacial score (nSPS) is 11.3. The van der Waals surface area contributed by atoms with Crippen molar-refractivity contribution in [3.8, 4) is 5.75 Å². The van der Waals surface area contributed by atoms with Gasteiger partial charge in [0, 0.05) is 6.54 Å². The van der Waals surface area contributed by atoms with E-state index in [0.717, 1.165) is 44.0 Å². The van der Waals surface area contributed by atoms with Crippen molar-refractivity contribution in [3.63, 3.8) is 0 Å². The number of ether oxygens (including phenoxy) is 1. The largest absolute Gasteiger partial charge is 0.494 e. The van der Waals surface area contributed by atoms with Gasteiger partial charge in [-0.3, -0.25) is 0 Å². The predicted octanol–water partition coefficient (Wildman–Crippen LogP) is 2.61. The fraction of sp³-hybridized carbons (Fsp3) is 0.500. The van der Waals surface area contributed by atoms with E-state index in [0.29, 0.717) is 0 Å². The van der Waals surface area contributed by atoms with Crippen molar-refractivity contribution in [1.82, 2.24) is 4.90 Å². The fourth-order valence-corrected chi connectivity index (χ4v) is 1.73. The number of benzene rings is 1. The molecular formula is C14H22N2O2. The van der Waals surface area contributed by atoms with Crippen molar-refractivity contribution >= 4 is 6.21 Å². The predicted molar refractivity (Wildman–Crippen MR) is 73.7 cm³/mol. The average molecular weight is 250 g/mol. The molecule has 1 N–H and O–H groups in total. The fourth-order valence-electron chi connectivity index (χ4n) is 1.73. The second-order valence-electron chi connectivity index (χ2n) is 4.04. The van der Waals surface area contributed by atoms with E-state index >= 15 is 0 Å². The van der Waals surface area contributed by atoms with E-state index in [-0.39, 0.29) is 0 Å². The highest BCUT2D eigenvalue weighted by Crippen LogP contribution is 2.11. The summed E-state index contributed by atoms with van der Waals surface area (Å²) >= 11 is 0. The van der Waals surface area contributed by atoms with E-state index in [4.69, 9.17) is 9.94 Å². The van der Waals surface area contributed by atoms with Crippen LogP contribution in [-0.4, -0.2) is 42.6 Å². The molecule has 4 nitrogen and oxygen atoms in total. The van der Waals surface area contributed by atoms with Crippen LogP contribution in [0, 0.1) is 0 Å². The summed E-state index contributed by atoms with van der Waals surface area (Å²) in [5.41, 5.74) is 0.855. The lowest BCUT2D eigenvalue weighted by atomic mass is 10.2. The molecule has 0 radical (unpaired) electrons. The molecule has 4 heteroatoms. The number of hydrogen-bond acceptors (Lipinski definition) is 4. The summed E-state index contributed by atoms with van der Waals surface area (Å²) < 4.78 is 5.64. The zero-order valence-corrected chi connectivity index (χ0v) is 11.2. The van der Waals surface area contributed by atoms with Crippen LogP contribution in [0.3, 0.4) is 0 Å². The standard InChI is InChI=1S/C14H22N2O2/c1-3-16(4-2)10-5-11-18-14-8-6-13(7-9-14)12-15-17/h6-9,12,17H,3-5,10-11H2,1-2H3/b15-12-. The van der Waals surface area contributed by atoms with Crippen LogP contribution in [0.4, 0.5) is 0 Å². The number of hydrogen-bond donors (Lipinski definition) is 1.